The van der Waals surface area contributed by atoms with Crippen molar-refractivity contribution in [2.45, 2.75) is 39.7 Å². The van der Waals surface area contributed by atoms with Gasteiger partial charge in [0.2, 0.25) is 0 Å². The summed E-state index contributed by atoms with van der Waals surface area (Å²) >= 11 is 0. The zero-order valence-electron chi connectivity index (χ0n) is 13.8. The van der Waals surface area contributed by atoms with Crippen molar-refractivity contribution in [1.82, 2.24) is 5.32 Å². The van der Waals surface area contributed by atoms with Crippen LogP contribution >= 0.6 is 0 Å². The van der Waals surface area contributed by atoms with Gasteiger partial charge in [-0.05, 0) is 42.9 Å². The van der Waals surface area contributed by atoms with E-state index in [1.807, 2.05) is 0 Å². The highest BCUT2D eigenvalue weighted by molar-refractivity contribution is 5.55. The minimum absolute atomic E-state index is 0.768. The average molecular weight is 290 g/mol. The number of nitrogens with one attached hydrogen (secondary N) is 1. The van der Waals surface area contributed by atoms with Crippen LogP contribution in [0.3, 0.4) is 0 Å². The Kier molecular flexibility index (Phi) is 6.52. The summed E-state index contributed by atoms with van der Waals surface area (Å²) in [5.74, 6) is 0.893. The number of methoxy groups -OCH3 is 1. The molecule has 1 atom stereocenters. The van der Waals surface area contributed by atoms with Crippen LogP contribution in [0.2, 0.25) is 0 Å². The lowest BCUT2D eigenvalue weighted by Crippen LogP contribution is -2.21. The molecule has 21 heavy (non-hydrogen) atoms. The Morgan fingerprint density at radius 1 is 1.38 bits per heavy atom. The van der Waals surface area contributed by atoms with E-state index in [1.54, 1.807) is 7.11 Å². The largest absolute Gasteiger partial charge is 0.383 e. The summed E-state index contributed by atoms with van der Waals surface area (Å²) in [4.78, 5) is 2.57. The molecule has 0 saturated carbocycles. The quantitative estimate of drug-likeness (QED) is 0.743. The zero-order valence-corrected chi connectivity index (χ0v) is 13.8. The molecule has 3 heteroatoms. The molecule has 0 aromatic heterocycles. The summed E-state index contributed by atoms with van der Waals surface area (Å²) in [6, 6.07) is 6.88. The first-order chi connectivity index (χ1) is 10.2. The van der Waals surface area contributed by atoms with Crippen molar-refractivity contribution in [2.24, 2.45) is 5.92 Å². The molecule has 1 aromatic carbocycles. The van der Waals surface area contributed by atoms with Gasteiger partial charge in [0.1, 0.15) is 0 Å². The minimum atomic E-state index is 0.768. The van der Waals surface area contributed by atoms with Crippen LogP contribution in [-0.4, -0.2) is 33.4 Å². The fourth-order valence-corrected chi connectivity index (χ4v) is 3.28. The summed E-state index contributed by atoms with van der Waals surface area (Å²) in [6.45, 7) is 9.58. The van der Waals surface area contributed by atoms with Gasteiger partial charge in [-0.25, -0.2) is 0 Å². The monoisotopic (exact) mass is 290 g/mol. The lowest BCUT2D eigenvalue weighted by atomic mass is 10.0. The maximum atomic E-state index is 5.05. The lowest BCUT2D eigenvalue weighted by molar-refractivity contribution is 0.199. The van der Waals surface area contributed by atoms with E-state index < -0.39 is 0 Å². The highest BCUT2D eigenvalue weighted by atomic mass is 16.5. The van der Waals surface area contributed by atoms with Gasteiger partial charge in [0.25, 0.3) is 0 Å². The van der Waals surface area contributed by atoms with Crippen LogP contribution in [-0.2, 0) is 11.3 Å². The second-order valence-corrected chi connectivity index (χ2v) is 6.18. The van der Waals surface area contributed by atoms with E-state index >= 15 is 0 Å². The minimum Gasteiger partial charge on any atom is -0.383 e. The number of nitrogens with zero attached hydrogens (tertiary/aromatic N) is 1. The molecule has 1 N–H and O–H groups in total. The first kappa shape index (κ1) is 16.3. The first-order valence-corrected chi connectivity index (χ1v) is 8.28. The van der Waals surface area contributed by atoms with Gasteiger partial charge in [-0.2, -0.15) is 0 Å². The van der Waals surface area contributed by atoms with Gasteiger partial charge in [-0.1, -0.05) is 25.5 Å². The molecular weight excluding hydrogens is 260 g/mol. The Labute approximate surface area is 129 Å². The molecule has 1 aromatic rings. The van der Waals surface area contributed by atoms with E-state index in [2.05, 4.69) is 42.3 Å². The van der Waals surface area contributed by atoms with E-state index in [1.165, 1.54) is 49.2 Å². The van der Waals surface area contributed by atoms with Crippen molar-refractivity contribution in [3.05, 3.63) is 29.3 Å². The molecule has 0 bridgehead atoms. The van der Waals surface area contributed by atoms with Crippen molar-refractivity contribution in [1.29, 1.82) is 0 Å². The highest BCUT2D eigenvalue weighted by Gasteiger charge is 2.22. The third kappa shape index (κ3) is 4.72. The van der Waals surface area contributed by atoms with Gasteiger partial charge in [-0.3, -0.25) is 0 Å². The van der Waals surface area contributed by atoms with Gasteiger partial charge >= 0.3 is 0 Å². The maximum Gasteiger partial charge on any atom is 0.0587 e. The number of anilines is 1. The average Bonchev–Trinajstić information content (AvgIpc) is 2.92. The number of ether oxygens (including phenoxy) is 1. The van der Waals surface area contributed by atoms with Gasteiger partial charge in [0, 0.05) is 39.0 Å². The van der Waals surface area contributed by atoms with Gasteiger partial charge < -0.3 is 15.0 Å². The van der Waals surface area contributed by atoms with Crippen LogP contribution in [0.4, 0.5) is 5.69 Å². The summed E-state index contributed by atoms with van der Waals surface area (Å²) < 4.78 is 5.05. The highest BCUT2D eigenvalue weighted by Crippen LogP contribution is 2.29. The Balaban J connectivity index is 1.90. The number of rotatable bonds is 8. The Morgan fingerprint density at radius 2 is 2.24 bits per heavy atom. The maximum absolute atomic E-state index is 5.05. The molecule has 3 nitrogen and oxygen atoms in total. The van der Waals surface area contributed by atoms with Crippen LogP contribution in [0.5, 0.6) is 0 Å². The Bertz CT molecular complexity index is 433. The molecule has 1 unspecified atom stereocenters. The third-order valence-electron chi connectivity index (χ3n) is 4.40. The van der Waals surface area contributed by atoms with Crippen LogP contribution in [0.25, 0.3) is 0 Å². The van der Waals surface area contributed by atoms with Crippen molar-refractivity contribution in [3.8, 4) is 0 Å². The fraction of sp³-hybridized carbons (Fsp3) is 0.667. The summed E-state index contributed by atoms with van der Waals surface area (Å²) in [7, 11) is 1.74. The predicted molar refractivity (Wildman–Crippen MR) is 90.0 cm³/mol. The number of aryl methyl sites for hydroxylation is 1. The predicted octanol–water partition coefficient (Wildman–Crippen LogP) is 3.36. The van der Waals surface area contributed by atoms with E-state index in [9.17, 15) is 0 Å². The molecule has 0 spiro atoms. The van der Waals surface area contributed by atoms with Crippen molar-refractivity contribution in [2.75, 3.05) is 38.3 Å². The smallest absolute Gasteiger partial charge is 0.0587 e. The standard InChI is InChI=1S/C18H30N2O/c1-4-5-16-8-10-20(14-16)18-7-6-17(12-15(18)2)13-19-9-11-21-3/h6-7,12,16,19H,4-5,8-11,13-14H2,1-3H3. The topological polar surface area (TPSA) is 24.5 Å². The second kappa shape index (κ2) is 8.40. The van der Waals surface area contributed by atoms with Gasteiger partial charge in [-0.15, -0.1) is 0 Å². The lowest BCUT2D eigenvalue weighted by Gasteiger charge is -2.21. The Morgan fingerprint density at radius 3 is 2.95 bits per heavy atom. The molecule has 1 heterocycles. The van der Waals surface area contributed by atoms with E-state index in [0.717, 1.165) is 25.6 Å². The molecule has 1 fully saturated rings. The van der Waals surface area contributed by atoms with Crippen LogP contribution in [0.15, 0.2) is 18.2 Å². The fourth-order valence-electron chi connectivity index (χ4n) is 3.28. The van der Waals surface area contributed by atoms with Crippen molar-refractivity contribution < 1.29 is 4.74 Å². The third-order valence-corrected chi connectivity index (χ3v) is 4.40. The molecular formula is C18H30N2O. The van der Waals surface area contributed by atoms with E-state index in [4.69, 9.17) is 4.74 Å². The number of benzene rings is 1. The van der Waals surface area contributed by atoms with Crippen molar-refractivity contribution >= 4 is 5.69 Å². The summed E-state index contributed by atoms with van der Waals surface area (Å²) in [5, 5.41) is 3.40. The molecule has 0 amide bonds. The Hall–Kier alpha value is -1.06. The van der Waals surface area contributed by atoms with E-state index in [-0.39, 0.29) is 0 Å². The molecule has 0 radical (unpaired) electrons. The van der Waals surface area contributed by atoms with Gasteiger partial charge in [0.05, 0.1) is 6.61 Å². The summed E-state index contributed by atoms with van der Waals surface area (Å²) in [5.41, 5.74) is 4.18. The van der Waals surface area contributed by atoms with Crippen LogP contribution in [0, 0.1) is 12.8 Å². The molecule has 2 rings (SSSR count). The zero-order chi connectivity index (χ0) is 15.1. The number of hydrogen-bond donors (Lipinski definition) is 1. The molecule has 1 saturated heterocycles. The molecule has 118 valence electrons. The van der Waals surface area contributed by atoms with Crippen LogP contribution < -0.4 is 10.2 Å². The summed E-state index contributed by atoms with van der Waals surface area (Å²) in [6.07, 6.45) is 4.04. The second-order valence-electron chi connectivity index (χ2n) is 6.18. The number of hydrogen-bond acceptors (Lipinski definition) is 3. The first-order valence-electron chi connectivity index (χ1n) is 8.28. The van der Waals surface area contributed by atoms with Crippen LogP contribution in [0.1, 0.15) is 37.3 Å². The SMILES string of the molecule is CCCC1CCN(c2ccc(CNCCOC)cc2C)C1. The van der Waals surface area contributed by atoms with Gasteiger partial charge in [0.15, 0.2) is 0 Å². The molecule has 1 aliphatic heterocycles. The molecule has 1 aliphatic rings. The normalized spacial score (nSPS) is 18.4. The van der Waals surface area contributed by atoms with E-state index in [0.29, 0.717) is 0 Å². The van der Waals surface area contributed by atoms with Crippen molar-refractivity contribution in [3.63, 3.8) is 0 Å². The molecule has 0 aliphatic carbocycles.